The van der Waals surface area contributed by atoms with Gasteiger partial charge in [0.15, 0.2) is 11.5 Å². The van der Waals surface area contributed by atoms with E-state index in [-0.39, 0.29) is 30.6 Å². The average molecular weight is 465 g/mol. The molecular weight excluding hydrogens is 434 g/mol. The zero-order valence-electron chi connectivity index (χ0n) is 19.2. The average Bonchev–Trinajstić information content (AvgIpc) is 2.74. The highest BCUT2D eigenvalue weighted by Crippen LogP contribution is 2.29. The fourth-order valence-corrected chi connectivity index (χ4v) is 3.35. The minimum Gasteiger partial charge on any atom is -0.458 e. The van der Waals surface area contributed by atoms with Crippen molar-refractivity contribution in [3.8, 4) is 11.5 Å². The quantitative estimate of drug-likeness (QED) is 0.427. The lowest BCUT2D eigenvalue weighted by molar-refractivity contribution is -0.152. The first kappa shape index (κ1) is 26.1. The van der Waals surface area contributed by atoms with E-state index in [1.54, 1.807) is 13.0 Å². The number of nitrogens with two attached hydrogens (primary N) is 1. The topological polar surface area (TPSA) is 140 Å². The number of rotatable bonds is 9. The fourth-order valence-electron chi connectivity index (χ4n) is 3.35. The molecule has 0 aliphatic heterocycles. The van der Waals surface area contributed by atoms with Crippen LogP contribution in [0.1, 0.15) is 58.4 Å². The van der Waals surface area contributed by atoms with Gasteiger partial charge >= 0.3 is 24.1 Å². The van der Waals surface area contributed by atoms with Crippen LogP contribution in [0.2, 0.25) is 0 Å². The largest absolute Gasteiger partial charge is 0.508 e. The number of carbonyl (C=O) groups is 4. The number of benzene rings is 1. The SMILES string of the molecule is CC(=O)Oc1ccc(C[C@H](N)C(=O)O[C@@H](C)COC(=O)OC2CCCCC2)cc1OC(C)=O. The molecule has 2 N–H and O–H groups in total. The highest BCUT2D eigenvalue weighted by atomic mass is 16.7. The molecule has 1 saturated carbocycles. The summed E-state index contributed by atoms with van der Waals surface area (Å²) < 4.78 is 25.6. The van der Waals surface area contributed by atoms with Crippen LogP contribution in [0, 0.1) is 0 Å². The van der Waals surface area contributed by atoms with E-state index in [1.807, 2.05) is 0 Å². The Balaban J connectivity index is 1.84. The van der Waals surface area contributed by atoms with Gasteiger partial charge in [0.2, 0.25) is 0 Å². The third-order valence-corrected chi connectivity index (χ3v) is 4.84. The minimum atomic E-state index is -1.02. The van der Waals surface area contributed by atoms with E-state index in [9.17, 15) is 19.2 Å². The third kappa shape index (κ3) is 9.48. The molecule has 1 aromatic carbocycles. The maximum atomic E-state index is 12.3. The first-order chi connectivity index (χ1) is 15.6. The van der Waals surface area contributed by atoms with E-state index in [4.69, 9.17) is 29.4 Å². The van der Waals surface area contributed by atoms with Gasteiger partial charge in [0.25, 0.3) is 0 Å². The molecule has 0 bridgehead atoms. The van der Waals surface area contributed by atoms with E-state index < -0.39 is 36.2 Å². The Morgan fingerprint density at radius 1 is 1.00 bits per heavy atom. The Bertz CT molecular complexity index is 848. The monoisotopic (exact) mass is 465 g/mol. The molecule has 0 aromatic heterocycles. The van der Waals surface area contributed by atoms with E-state index in [1.165, 1.54) is 26.0 Å². The van der Waals surface area contributed by atoms with Gasteiger partial charge in [0.1, 0.15) is 24.9 Å². The zero-order valence-corrected chi connectivity index (χ0v) is 19.2. The number of carbonyl (C=O) groups excluding carboxylic acids is 4. The van der Waals surface area contributed by atoms with Gasteiger partial charge in [0.05, 0.1) is 0 Å². The minimum absolute atomic E-state index is 0.0361. The molecular formula is C23H31NO9. The van der Waals surface area contributed by atoms with Crippen LogP contribution in [0.15, 0.2) is 18.2 Å². The molecule has 0 spiro atoms. The van der Waals surface area contributed by atoms with Crippen molar-refractivity contribution in [1.29, 1.82) is 0 Å². The van der Waals surface area contributed by atoms with Crippen LogP contribution in [0.25, 0.3) is 0 Å². The molecule has 0 radical (unpaired) electrons. The molecule has 0 amide bonds. The summed E-state index contributed by atoms with van der Waals surface area (Å²) in [5.41, 5.74) is 6.51. The van der Waals surface area contributed by atoms with Crippen molar-refractivity contribution in [1.82, 2.24) is 0 Å². The number of ether oxygens (including phenoxy) is 5. The van der Waals surface area contributed by atoms with Gasteiger partial charge in [-0.2, -0.15) is 0 Å². The molecule has 1 fully saturated rings. The van der Waals surface area contributed by atoms with Gasteiger partial charge < -0.3 is 29.4 Å². The van der Waals surface area contributed by atoms with Crippen molar-refractivity contribution >= 4 is 24.1 Å². The van der Waals surface area contributed by atoms with Crippen LogP contribution in [-0.4, -0.2) is 48.9 Å². The van der Waals surface area contributed by atoms with Crippen molar-refractivity contribution < 1.29 is 42.9 Å². The summed E-state index contributed by atoms with van der Waals surface area (Å²) in [6.45, 7) is 3.85. The lowest BCUT2D eigenvalue weighted by atomic mass is 9.98. The van der Waals surface area contributed by atoms with Crippen molar-refractivity contribution in [2.75, 3.05) is 6.61 Å². The summed E-state index contributed by atoms with van der Waals surface area (Å²) >= 11 is 0. The van der Waals surface area contributed by atoms with Crippen molar-refractivity contribution in [2.45, 2.75) is 77.5 Å². The van der Waals surface area contributed by atoms with Crippen LogP contribution in [-0.2, 0) is 35.0 Å². The summed E-state index contributed by atoms with van der Waals surface area (Å²) in [5.74, 6) is -1.75. The lowest BCUT2D eigenvalue weighted by Crippen LogP contribution is -2.37. The van der Waals surface area contributed by atoms with E-state index in [0.717, 1.165) is 32.1 Å². The van der Waals surface area contributed by atoms with Gasteiger partial charge in [-0.25, -0.2) is 4.79 Å². The van der Waals surface area contributed by atoms with Gasteiger partial charge in [0, 0.05) is 13.8 Å². The fraction of sp³-hybridized carbons (Fsp3) is 0.565. The van der Waals surface area contributed by atoms with Gasteiger partial charge in [-0.15, -0.1) is 0 Å². The number of hydrogen-bond acceptors (Lipinski definition) is 10. The second-order valence-corrected chi connectivity index (χ2v) is 7.97. The molecule has 0 unspecified atom stereocenters. The summed E-state index contributed by atoms with van der Waals surface area (Å²) in [6.07, 6.45) is 3.31. The van der Waals surface area contributed by atoms with Crippen LogP contribution in [0.5, 0.6) is 11.5 Å². The van der Waals surface area contributed by atoms with Crippen LogP contribution in [0.4, 0.5) is 4.79 Å². The summed E-state index contributed by atoms with van der Waals surface area (Å²) in [4.78, 5) is 46.7. The highest BCUT2D eigenvalue weighted by Gasteiger charge is 2.22. The molecule has 0 saturated heterocycles. The van der Waals surface area contributed by atoms with Crippen molar-refractivity contribution in [2.24, 2.45) is 5.73 Å². The Morgan fingerprint density at radius 2 is 1.64 bits per heavy atom. The molecule has 2 rings (SSSR count). The Kier molecular flexibility index (Phi) is 10.1. The first-order valence-electron chi connectivity index (χ1n) is 10.9. The second-order valence-electron chi connectivity index (χ2n) is 7.97. The molecule has 1 aliphatic carbocycles. The van der Waals surface area contributed by atoms with Gasteiger partial charge in [-0.1, -0.05) is 12.5 Å². The summed E-state index contributed by atoms with van der Waals surface area (Å²) in [5, 5.41) is 0. The van der Waals surface area contributed by atoms with Crippen molar-refractivity contribution in [3.63, 3.8) is 0 Å². The second kappa shape index (κ2) is 12.8. The normalized spacial score (nSPS) is 15.6. The molecule has 10 nitrogen and oxygen atoms in total. The number of esters is 3. The molecule has 2 atom stereocenters. The first-order valence-corrected chi connectivity index (χ1v) is 10.9. The molecule has 10 heteroatoms. The maximum Gasteiger partial charge on any atom is 0.508 e. The summed E-state index contributed by atoms with van der Waals surface area (Å²) in [6, 6.07) is 3.47. The Hall–Kier alpha value is -3.14. The van der Waals surface area contributed by atoms with Crippen LogP contribution >= 0.6 is 0 Å². The predicted octanol–water partition coefficient (Wildman–Crippen LogP) is 2.82. The smallest absolute Gasteiger partial charge is 0.458 e. The molecule has 33 heavy (non-hydrogen) atoms. The predicted molar refractivity (Wildman–Crippen MR) is 116 cm³/mol. The Morgan fingerprint density at radius 3 is 2.27 bits per heavy atom. The molecule has 1 aromatic rings. The molecule has 182 valence electrons. The van der Waals surface area contributed by atoms with Gasteiger partial charge in [-0.05, 0) is 56.7 Å². The van der Waals surface area contributed by atoms with E-state index in [2.05, 4.69) is 0 Å². The molecule has 0 heterocycles. The highest BCUT2D eigenvalue weighted by molar-refractivity contribution is 5.76. The standard InChI is InChI=1S/C23H31NO9/c1-14(13-29-23(28)33-18-7-5-4-6-8-18)30-22(27)19(24)11-17-9-10-20(31-15(2)25)21(12-17)32-16(3)26/h9-10,12,14,18-19H,4-8,11,13,24H2,1-3H3/t14-,19-/m0/s1. The lowest BCUT2D eigenvalue weighted by Gasteiger charge is -2.22. The molecule has 1 aliphatic rings. The van der Waals surface area contributed by atoms with Crippen molar-refractivity contribution in [3.05, 3.63) is 23.8 Å². The van der Waals surface area contributed by atoms with E-state index in [0.29, 0.717) is 5.56 Å². The van der Waals surface area contributed by atoms with Gasteiger partial charge in [-0.3, -0.25) is 14.4 Å². The maximum absolute atomic E-state index is 12.3. The van der Waals surface area contributed by atoms with E-state index >= 15 is 0 Å². The Labute approximate surface area is 192 Å². The number of hydrogen-bond donors (Lipinski definition) is 1. The van der Waals surface area contributed by atoms with Crippen LogP contribution < -0.4 is 15.2 Å². The van der Waals surface area contributed by atoms with Crippen LogP contribution in [0.3, 0.4) is 0 Å². The third-order valence-electron chi connectivity index (χ3n) is 4.84. The summed E-state index contributed by atoms with van der Waals surface area (Å²) in [7, 11) is 0. The zero-order chi connectivity index (χ0) is 24.4.